The van der Waals surface area contributed by atoms with Crippen molar-refractivity contribution < 1.29 is 19.4 Å². The van der Waals surface area contributed by atoms with Crippen LogP contribution in [0.5, 0.6) is 5.75 Å². The molecule has 0 saturated heterocycles. The number of rotatable bonds is 5. The maximum Gasteiger partial charge on any atom is 0.337 e. The third kappa shape index (κ3) is 3.73. The molecule has 0 fully saturated rings. The molecule has 2 aromatic carbocycles. The Balaban J connectivity index is 2.09. The van der Waals surface area contributed by atoms with Crippen molar-refractivity contribution in [2.24, 2.45) is 0 Å². The zero-order chi connectivity index (χ0) is 15.2. The number of hydrogen-bond acceptors (Lipinski definition) is 5. The fourth-order valence-corrected chi connectivity index (χ4v) is 1.81. The first-order valence-corrected chi connectivity index (χ1v) is 6.43. The number of carbonyl (C=O) groups excluding carboxylic acids is 1. The lowest BCUT2D eigenvalue weighted by molar-refractivity contribution is 0.0600. The van der Waals surface area contributed by atoms with E-state index in [1.54, 1.807) is 18.2 Å². The Morgan fingerprint density at radius 1 is 1.14 bits per heavy atom. The second-order valence-electron chi connectivity index (χ2n) is 4.51. The first-order chi connectivity index (χ1) is 10.1. The summed E-state index contributed by atoms with van der Waals surface area (Å²) in [5.74, 6) is -0.00344. The van der Waals surface area contributed by atoms with Crippen molar-refractivity contribution in [1.29, 1.82) is 0 Å². The van der Waals surface area contributed by atoms with Crippen LogP contribution >= 0.6 is 0 Å². The number of nitrogens with two attached hydrogens (primary N) is 1. The molecule has 0 amide bonds. The number of esters is 1. The number of ether oxygens (including phenoxy) is 2. The summed E-state index contributed by atoms with van der Waals surface area (Å²) in [5, 5.41) is 8.99. The Kier molecular flexibility index (Phi) is 4.79. The van der Waals surface area contributed by atoms with Gasteiger partial charge in [-0.1, -0.05) is 24.3 Å². The lowest BCUT2D eigenvalue weighted by Crippen LogP contribution is -2.04. The summed E-state index contributed by atoms with van der Waals surface area (Å²) in [6, 6.07) is 12.1. The Morgan fingerprint density at radius 3 is 2.43 bits per heavy atom. The van der Waals surface area contributed by atoms with Crippen LogP contribution in [-0.4, -0.2) is 18.2 Å². The van der Waals surface area contributed by atoms with Gasteiger partial charge in [0.2, 0.25) is 0 Å². The molecule has 0 aliphatic heterocycles. The van der Waals surface area contributed by atoms with Crippen LogP contribution in [0.15, 0.2) is 42.5 Å². The van der Waals surface area contributed by atoms with E-state index in [0.717, 1.165) is 11.1 Å². The molecule has 2 rings (SSSR count). The summed E-state index contributed by atoms with van der Waals surface area (Å²) in [7, 11) is 1.32. The van der Waals surface area contributed by atoms with Gasteiger partial charge in [0.15, 0.2) is 0 Å². The van der Waals surface area contributed by atoms with E-state index in [4.69, 9.17) is 15.6 Å². The highest BCUT2D eigenvalue weighted by Gasteiger charge is 2.09. The van der Waals surface area contributed by atoms with Gasteiger partial charge in [-0.2, -0.15) is 0 Å². The van der Waals surface area contributed by atoms with Crippen LogP contribution in [0, 0.1) is 0 Å². The fourth-order valence-electron chi connectivity index (χ4n) is 1.81. The van der Waals surface area contributed by atoms with E-state index in [2.05, 4.69) is 4.74 Å². The molecule has 2 aromatic rings. The summed E-state index contributed by atoms with van der Waals surface area (Å²) < 4.78 is 10.3. The second-order valence-corrected chi connectivity index (χ2v) is 4.51. The Morgan fingerprint density at radius 2 is 1.81 bits per heavy atom. The summed E-state index contributed by atoms with van der Waals surface area (Å²) in [6.07, 6.45) is 0. The van der Waals surface area contributed by atoms with Gasteiger partial charge in [0.1, 0.15) is 12.4 Å². The van der Waals surface area contributed by atoms with E-state index < -0.39 is 5.97 Å². The highest BCUT2D eigenvalue weighted by Crippen LogP contribution is 2.24. The van der Waals surface area contributed by atoms with Crippen molar-refractivity contribution in [2.45, 2.75) is 13.2 Å². The van der Waals surface area contributed by atoms with Gasteiger partial charge in [-0.15, -0.1) is 0 Å². The van der Waals surface area contributed by atoms with Crippen LogP contribution in [0.2, 0.25) is 0 Å². The molecule has 21 heavy (non-hydrogen) atoms. The number of methoxy groups -OCH3 is 1. The predicted molar refractivity (Wildman–Crippen MR) is 78.9 cm³/mol. The standard InChI is InChI=1S/C16H17NO4/c1-20-16(19)13-6-7-14(17)15(8-13)21-10-12-4-2-11(9-18)3-5-12/h2-8,18H,9-10,17H2,1H3. The molecule has 0 aliphatic rings. The molecule has 0 aromatic heterocycles. The van der Waals surface area contributed by atoms with Gasteiger partial charge < -0.3 is 20.3 Å². The van der Waals surface area contributed by atoms with Crippen LogP contribution in [0.3, 0.4) is 0 Å². The zero-order valence-electron chi connectivity index (χ0n) is 11.7. The highest BCUT2D eigenvalue weighted by atomic mass is 16.5. The molecule has 110 valence electrons. The topological polar surface area (TPSA) is 81.8 Å². The molecule has 0 aliphatic carbocycles. The summed E-state index contributed by atoms with van der Waals surface area (Å²) in [6.45, 7) is 0.329. The van der Waals surface area contributed by atoms with Gasteiger partial charge in [-0.05, 0) is 29.3 Å². The van der Waals surface area contributed by atoms with E-state index >= 15 is 0 Å². The maximum atomic E-state index is 11.5. The van der Waals surface area contributed by atoms with E-state index in [9.17, 15) is 4.79 Å². The van der Waals surface area contributed by atoms with E-state index in [1.165, 1.54) is 7.11 Å². The van der Waals surface area contributed by atoms with E-state index in [1.807, 2.05) is 24.3 Å². The molecule has 0 spiro atoms. The zero-order valence-corrected chi connectivity index (χ0v) is 11.7. The average molecular weight is 287 g/mol. The molecule has 0 saturated carbocycles. The smallest absolute Gasteiger partial charge is 0.337 e. The van der Waals surface area contributed by atoms with Crippen LogP contribution in [0.1, 0.15) is 21.5 Å². The van der Waals surface area contributed by atoms with Crippen LogP contribution in [0.25, 0.3) is 0 Å². The van der Waals surface area contributed by atoms with Gasteiger partial charge in [0.05, 0.1) is 25.0 Å². The Bertz CT molecular complexity index is 623. The number of anilines is 1. The summed E-state index contributed by atoms with van der Waals surface area (Å²) >= 11 is 0. The average Bonchev–Trinajstić information content (AvgIpc) is 2.53. The molecular formula is C16H17NO4. The number of aliphatic hydroxyl groups is 1. The van der Waals surface area contributed by atoms with Gasteiger partial charge in [0, 0.05) is 0 Å². The number of nitrogen functional groups attached to an aromatic ring is 1. The normalized spacial score (nSPS) is 10.2. The van der Waals surface area contributed by atoms with Crippen LogP contribution in [-0.2, 0) is 18.0 Å². The van der Waals surface area contributed by atoms with Gasteiger partial charge in [-0.3, -0.25) is 0 Å². The second kappa shape index (κ2) is 6.76. The fraction of sp³-hybridized carbons (Fsp3) is 0.188. The quantitative estimate of drug-likeness (QED) is 0.650. The van der Waals surface area contributed by atoms with Crippen molar-refractivity contribution in [3.8, 4) is 5.75 Å². The predicted octanol–water partition coefficient (Wildman–Crippen LogP) is 2.13. The van der Waals surface area contributed by atoms with Crippen molar-refractivity contribution in [2.75, 3.05) is 12.8 Å². The molecule has 5 nitrogen and oxygen atoms in total. The van der Waals surface area contributed by atoms with Crippen LogP contribution < -0.4 is 10.5 Å². The first-order valence-electron chi connectivity index (χ1n) is 6.43. The van der Waals surface area contributed by atoms with Crippen molar-refractivity contribution in [3.05, 3.63) is 59.2 Å². The van der Waals surface area contributed by atoms with Crippen molar-refractivity contribution in [1.82, 2.24) is 0 Å². The monoisotopic (exact) mass is 287 g/mol. The van der Waals surface area contributed by atoms with Gasteiger partial charge in [-0.25, -0.2) is 4.79 Å². The third-order valence-corrected chi connectivity index (χ3v) is 3.03. The lowest BCUT2D eigenvalue weighted by atomic mass is 10.1. The van der Waals surface area contributed by atoms with Gasteiger partial charge >= 0.3 is 5.97 Å². The molecule has 0 bridgehead atoms. The third-order valence-electron chi connectivity index (χ3n) is 3.03. The molecular weight excluding hydrogens is 270 g/mol. The van der Waals surface area contributed by atoms with Crippen molar-refractivity contribution in [3.63, 3.8) is 0 Å². The SMILES string of the molecule is COC(=O)c1ccc(N)c(OCc2ccc(CO)cc2)c1. The number of hydrogen-bond donors (Lipinski definition) is 2. The van der Waals surface area contributed by atoms with Crippen LogP contribution in [0.4, 0.5) is 5.69 Å². The summed E-state index contributed by atoms with van der Waals surface area (Å²) in [4.78, 5) is 11.5. The van der Waals surface area contributed by atoms with Crippen molar-refractivity contribution >= 4 is 11.7 Å². The molecule has 3 N–H and O–H groups in total. The highest BCUT2D eigenvalue weighted by molar-refractivity contribution is 5.90. The molecule has 0 radical (unpaired) electrons. The first kappa shape index (κ1) is 14.9. The minimum Gasteiger partial charge on any atom is -0.487 e. The molecule has 0 heterocycles. The minimum absolute atomic E-state index is 0.00919. The Labute approximate surface area is 122 Å². The molecule has 5 heteroatoms. The summed E-state index contributed by atoms with van der Waals surface area (Å²) in [5.41, 5.74) is 8.45. The largest absolute Gasteiger partial charge is 0.487 e. The van der Waals surface area contributed by atoms with E-state index in [0.29, 0.717) is 23.6 Å². The Hall–Kier alpha value is -2.53. The minimum atomic E-state index is -0.438. The molecule has 0 atom stereocenters. The number of benzene rings is 2. The van der Waals surface area contributed by atoms with Gasteiger partial charge in [0.25, 0.3) is 0 Å². The van der Waals surface area contributed by atoms with E-state index in [-0.39, 0.29) is 6.61 Å². The lowest BCUT2D eigenvalue weighted by Gasteiger charge is -2.10. The molecule has 0 unspecified atom stereocenters. The number of carbonyl (C=O) groups is 1. The number of aliphatic hydroxyl groups excluding tert-OH is 1. The maximum absolute atomic E-state index is 11.5.